The fourth-order valence-corrected chi connectivity index (χ4v) is 1.77. The zero-order valence-electron chi connectivity index (χ0n) is 10.4. The lowest BCUT2D eigenvalue weighted by Crippen LogP contribution is -2.09. The van der Waals surface area contributed by atoms with Gasteiger partial charge < -0.3 is 11.1 Å². The van der Waals surface area contributed by atoms with Gasteiger partial charge in [-0.05, 0) is 42.0 Å². The summed E-state index contributed by atoms with van der Waals surface area (Å²) in [6.07, 6.45) is 2.89. The van der Waals surface area contributed by atoms with Crippen LogP contribution in [0.25, 0.3) is 6.08 Å². The van der Waals surface area contributed by atoms with Gasteiger partial charge in [0.05, 0.1) is 5.69 Å². The van der Waals surface area contributed by atoms with E-state index in [9.17, 15) is 9.18 Å². The minimum atomic E-state index is -0.542. The molecule has 0 atom stereocenters. The Bertz CT molecular complexity index is 671. The monoisotopic (exact) mass is 290 g/mol. The number of nitrogen functional groups attached to an aromatic ring is 1. The average molecular weight is 291 g/mol. The van der Waals surface area contributed by atoms with Crippen LogP contribution in [-0.2, 0) is 4.79 Å². The quantitative estimate of drug-likeness (QED) is 0.669. The second kappa shape index (κ2) is 6.21. The third-order valence-corrected chi connectivity index (χ3v) is 2.76. The van der Waals surface area contributed by atoms with Gasteiger partial charge in [0.15, 0.2) is 0 Å². The first-order valence-electron chi connectivity index (χ1n) is 5.84. The van der Waals surface area contributed by atoms with Crippen molar-refractivity contribution in [2.45, 2.75) is 0 Å². The molecular weight excluding hydrogens is 279 g/mol. The number of rotatable bonds is 3. The third kappa shape index (κ3) is 3.83. The van der Waals surface area contributed by atoms with E-state index in [-0.39, 0.29) is 5.69 Å². The molecule has 0 aliphatic rings. The van der Waals surface area contributed by atoms with E-state index in [2.05, 4.69) is 5.32 Å². The molecular formula is C15H12ClFN2O. The minimum absolute atomic E-state index is 0.0414. The fourth-order valence-electron chi connectivity index (χ4n) is 1.60. The zero-order valence-corrected chi connectivity index (χ0v) is 11.2. The number of hydrogen-bond donors (Lipinski definition) is 2. The Hall–Kier alpha value is -2.33. The summed E-state index contributed by atoms with van der Waals surface area (Å²) < 4.78 is 13.4. The van der Waals surface area contributed by atoms with Crippen LogP contribution in [0.15, 0.2) is 48.5 Å². The Balaban J connectivity index is 2.07. The summed E-state index contributed by atoms with van der Waals surface area (Å²) in [4.78, 5) is 11.7. The molecule has 2 rings (SSSR count). The molecule has 0 heterocycles. The number of halogens is 2. The van der Waals surface area contributed by atoms with Crippen LogP contribution in [0.2, 0.25) is 5.02 Å². The second-order valence-electron chi connectivity index (χ2n) is 4.12. The van der Waals surface area contributed by atoms with Gasteiger partial charge in [-0.2, -0.15) is 0 Å². The molecule has 0 aliphatic heterocycles. The van der Waals surface area contributed by atoms with E-state index in [0.29, 0.717) is 10.7 Å². The van der Waals surface area contributed by atoms with Gasteiger partial charge in [-0.3, -0.25) is 4.79 Å². The molecule has 3 nitrogen and oxygen atoms in total. The standard InChI is InChI=1S/C15H12ClFN2O/c16-11-5-6-13(17)14(9-11)19-15(20)7-4-10-2-1-3-12(18)8-10/h1-9H,18H2,(H,19,20)/b7-4+. The van der Waals surface area contributed by atoms with Crippen LogP contribution >= 0.6 is 11.6 Å². The largest absolute Gasteiger partial charge is 0.399 e. The summed E-state index contributed by atoms with van der Waals surface area (Å²) in [5.74, 6) is -0.992. The van der Waals surface area contributed by atoms with Crippen molar-refractivity contribution in [3.63, 3.8) is 0 Å². The maximum atomic E-state index is 13.4. The van der Waals surface area contributed by atoms with Crippen molar-refractivity contribution in [2.24, 2.45) is 0 Å². The number of anilines is 2. The minimum Gasteiger partial charge on any atom is -0.399 e. The van der Waals surface area contributed by atoms with Crippen LogP contribution in [0, 0.1) is 5.82 Å². The average Bonchev–Trinajstić information content (AvgIpc) is 2.41. The molecule has 0 bridgehead atoms. The maximum Gasteiger partial charge on any atom is 0.248 e. The van der Waals surface area contributed by atoms with Crippen molar-refractivity contribution >= 4 is 35.0 Å². The highest BCUT2D eigenvalue weighted by Gasteiger charge is 2.05. The highest BCUT2D eigenvalue weighted by molar-refractivity contribution is 6.30. The number of hydrogen-bond acceptors (Lipinski definition) is 2. The van der Waals surface area contributed by atoms with Crippen molar-refractivity contribution in [2.75, 3.05) is 11.1 Å². The van der Waals surface area contributed by atoms with Crippen molar-refractivity contribution in [3.8, 4) is 0 Å². The molecule has 5 heteroatoms. The van der Waals surface area contributed by atoms with E-state index >= 15 is 0 Å². The lowest BCUT2D eigenvalue weighted by molar-refractivity contribution is -0.111. The van der Waals surface area contributed by atoms with E-state index < -0.39 is 11.7 Å². The van der Waals surface area contributed by atoms with Crippen LogP contribution in [0.1, 0.15) is 5.56 Å². The Morgan fingerprint density at radius 1 is 1.25 bits per heavy atom. The Morgan fingerprint density at radius 3 is 2.80 bits per heavy atom. The molecule has 0 fully saturated rings. The molecule has 102 valence electrons. The Morgan fingerprint density at radius 2 is 2.05 bits per heavy atom. The number of amides is 1. The zero-order chi connectivity index (χ0) is 14.5. The number of nitrogens with two attached hydrogens (primary N) is 1. The van der Waals surface area contributed by atoms with Gasteiger partial charge >= 0.3 is 0 Å². The van der Waals surface area contributed by atoms with Crippen molar-refractivity contribution < 1.29 is 9.18 Å². The molecule has 0 saturated carbocycles. The third-order valence-electron chi connectivity index (χ3n) is 2.52. The number of nitrogens with one attached hydrogen (secondary N) is 1. The summed E-state index contributed by atoms with van der Waals surface area (Å²) in [6.45, 7) is 0. The van der Waals surface area contributed by atoms with Crippen LogP contribution in [0.5, 0.6) is 0 Å². The molecule has 2 aromatic carbocycles. The number of benzene rings is 2. The van der Waals surface area contributed by atoms with Crippen molar-refractivity contribution in [1.29, 1.82) is 0 Å². The van der Waals surface area contributed by atoms with Crippen LogP contribution in [0.3, 0.4) is 0 Å². The molecule has 0 spiro atoms. The molecule has 0 aliphatic carbocycles. The van der Waals surface area contributed by atoms with Gasteiger partial charge in [0.25, 0.3) is 0 Å². The highest BCUT2D eigenvalue weighted by Crippen LogP contribution is 2.19. The topological polar surface area (TPSA) is 55.1 Å². The molecule has 20 heavy (non-hydrogen) atoms. The number of carbonyl (C=O) groups is 1. The molecule has 1 amide bonds. The fraction of sp³-hybridized carbons (Fsp3) is 0. The first-order chi connectivity index (χ1) is 9.54. The molecule has 3 N–H and O–H groups in total. The van der Waals surface area contributed by atoms with Crippen LogP contribution in [0.4, 0.5) is 15.8 Å². The van der Waals surface area contributed by atoms with E-state index in [0.717, 1.165) is 5.56 Å². The summed E-state index contributed by atoms with van der Waals surface area (Å²) >= 11 is 5.74. The number of carbonyl (C=O) groups excluding carboxylic acids is 1. The lowest BCUT2D eigenvalue weighted by atomic mass is 10.2. The Kier molecular flexibility index (Phi) is 4.38. The maximum absolute atomic E-state index is 13.4. The lowest BCUT2D eigenvalue weighted by Gasteiger charge is -2.04. The first-order valence-corrected chi connectivity index (χ1v) is 6.22. The van der Waals surface area contributed by atoms with Crippen molar-refractivity contribution in [3.05, 3.63) is 64.9 Å². The van der Waals surface area contributed by atoms with E-state index in [1.807, 2.05) is 0 Å². The molecule has 2 aromatic rings. The first kappa shape index (κ1) is 14.1. The van der Waals surface area contributed by atoms with Gasteiger partial charge in [0, 0.05) is 16.8 Å². The van der Waals surface area contributed by atoms with Gasteiger partial charge in [0.1, 0.15) is 5.82 Å². The summed E-state index contributed by atoms with van der Waals surface area (Å²) in [6, 6.07) is 11.0. The predicted octanol–water partition coefficient (Wildman–Crippen LogP) is 3.71. The van der Waals surface area contributed by atoms with E-state index in [1.54, 1.807) is 30.3 Å². The molecule has 0 unspecified atom stereocenters. The summed E-state index contributed by atoms with van der Waals surface area (Å²) in [5, 5.41) is 2.77. The predicted molar refractivity (Wildman–Crippen MR) is 79.9 cm³/mol. The van der Waals surface area contributed by atoms with Crippen LogP contribution < -0.4 is 11.1 Å². The van der Waals surface area contributed by atoms with Gasteiger partial charge in [-0.15, -0.1) is 0 Å². The normalized spacial score (nSPS) is 10.7. The summed E-state index contributed by atoms with van der Waals surface area (Å²) in [5.41, 5.74) is 7.06. The van der Waals surface area contributed by atoms with Gasteiger partial charge in [-0.1, -0.05) is 23.7 Å². The molecule has 0 radical (unpaired) electrons. The molecule has 0 saturated heterocycles. The Labute approximate surface area is 120 Å². The van der Waals surface area contributed by atoms with Crippen molar-refractivity contribution in [1.82, 2.24) is 0 Å². The van der Waals surface area contributed by atoms with Crippen LogP contribution in [-0.4, -0.2) is 5.91 Å². The van der Waals surface area contributed by atoms with Gasteiger partial charge in [0.2, 0.25) is 5.91 Å². The second-order valence-corrected chi connectivity index (χ2v) is 4.55. The van der Waals surface area contributed by atoms with Gasteiger partial charge in [-0.25, -0.2) is 4.39 Å². The van der Waals surface area contributed by atoms with E-state index in [1.165, 1.54) is 24.3 Å². The molecule has 0 aromatic heterocycles. The SMILES string of the molecule is Nc1cccc(/C=C/C(=O)Nc2cc(Cl)ccc2F)c1. The smallest absolute Gasteiger partial charge is 0.248 e. The highest BCUT2D eigenvalue weighted by atomic mass is 35.5. The van der Waals surface area contributed by atoms with E-state index in [4.69, 9.17) is 17.3 Å². The summed E-state index contributed by atoms with van der Waals surface area (Å²) in [7, 11) is 0.